The van der Waals surface area contributed by atoms with Crippen LogP contribution in [0.3, 0.4) is 0 Å². The van der Waals surface area contributed by atoms with E-state index in [2.05, 4.69) is 38.2 Å². The Bertz CT molecular complexity index is 253. The summed E-state index contributed by atoms with van der Waals surface area (Å²) in [7, 11) is 0. The van der Waals surface area contributed by atoms with E-state index in [9.17, 15) is 0 Å². The van der Waals surface area contributed by atoms with Crippen molar-refractivity contribution >= 4 is 0 Å². The summed E-state index contributed by atoms with van der Waals surface area (Å²) in [6, 6.07) is 0. The summed E-state index contributed by atoms with van der Waals surface area (Å²) in [6.45, 7) is 4.39. The van der Waals surface area contributed by atoms with Gasteiger partial charge in [-0.3, -0.25) is 0 Å². The summed E-state index contributed by atoms with van der Waals surface area (Å²) in [5.41, 5.74) is 0. The third-order valence-corrected chi connectivity index (χ3v) is 4.83. The molecule has 20 heavy (non-hydrogen) atoms. The Morgan fingerprint density at radius 1 is 0.800 bits per heavy atom. The van der Waals surface area contributed by atoms with Crippen molar-refractivity contribution in [3.8, 4) is 0 Å². The van der Waals surface area contributed by atoms with Gasteiger partial charge in [-0.1, -0.05) is 82.6 Å². The van der Waals surface area contributed by atoms with Crippen molar-refractivity contribution in [2.75, 3.05) is 0 Å². The topological polar surface area (TPSA) is 0 Å². The van der Waals surface area contributed by atoms with Crippen LogP contribution in [0.1, 0.15) is 90.9 Å². The van der Waals surface area contributed by atoms with Crippen LogP contribution in [0.15, 0.2) is 24.3 Å². The van der Waals surface area contributed by atoms with Gasteiger partial charge in [0.05, 0.1) is 0 Å². The fraction of sp³-hybridized carbons (Fsp3) is 0.800. The van der Waals surface area contributed by atoms with Crippen LogP contribution in [0.2, 0.25) is 0 Å². The summed E-state index contributed by atoms with van der Waals surface area (Å²) in [5.74, 6) is 2.04. The molecule has 0 atom stereocenters. The third-order valence-electron chi connectivity index (χ3n) is 4.83. The van der Waals surface area contributed by atoms with E-state index in [1.807, 2.05) is 0 Å². The van der Waals surface area contributed by atoms with Gasteiger partial charge in [0.2, 0.25) is 0 Å². The Kier molecular flexibility index (Phi) is 10.7. The first-order chi connectivity index (χ1) is 9.86. The molecule has 0 aromatic rings. The van der Waals surface area contributed by atoms with E-state index in [0.717, 1.165) is 18.3 Å². The summed E-state index contributed by atoms with van der Waals surface area (Å²) in [6.07, 6.45) is 26.2. The fourth-order valence-electron chi connectivity index (χ4n) is 3.39. The van der Waals surface area contributed by atoms with Crippen molar-refractivity contribution in [1.29, 1.82) is 0 Å². The van der Waals surface area contributed by atoms with Crippen LogP contribution < -0.4 is 0 Å². The van der Waals surface area contributed by atoms with Gasteiger partial charge in [-0.15, -0.1) is 0 Å². The van der Waals surface area contributed by atoms with Gasteiger partial charge in [0.25, 0.3) is 0 Å². The second-order valence-corrected chi connectivity index (χ2v) is 6.60. The molecular formula is C20H36. The van der Waals surface area contributed by atoms with E-state index in [1.165, 1.54) is 70.6 Å². The first-order valence-corrected chi connectivity index (χ1v) is 9.13. The molecule has 0 amide bonds. The van der Waals surface area contributed by atoms with Crippen LogP contribution >= 0.6 is 0 Å². The van der Waals surface area contributed by atoms with Crippen molar-refractivity contribution in [2.24, 2.45) is 11.8 Å². The summed E-state index contributed by atoms with van der Waals surface area (Å²) in [4.78, 5) is 0. The molecule has 0 bridgehead atoms. The molecule has 1 fully saturated rings. The maximum atomic E-state index is 2.41. The number of rotatable bonds is 10. The van der Waals surface area contributed by atoms with Crippen molar-refractivity contribution in [3.63, 3.8) is 0 Å². The second-order valence-electron chi connectivity index (χ2n) is 6.60. The van der Waals surface area contributed by atoms with Crippen molar-refractivity contribution < 1.29 is 0 Å². The zero-order chi connectivity index (χ0) is 14.5. The Balaban J connectivity index is 2.00. The molecule has 0 aromatic carbocycles. The molecule has 0 heterocycles. The molecule has 0 radical (unpaired) electrons. The number of allylic oxidation sites excluding steroid dienone is 4. The minimum atomic E-state index is 0.980. The highest BCUT2D eigenvalue weighted by Gasteiger charge is 2.19. The molecule has 0 aromatic heterocycles. The Labute approximate surface area is 127 Å². The molecule has 1 aliphatic carbocycles. The average molecular weight is 277 g/mol. The SMILES string of the molecule is CC=CCC=CCC1CCC(CCCCCCC)CC1. The predicted octanol–water partition coefficient (Wildman–Crippen LogP) is 7.07. The minimum absolute atomic E-state index is 0.980. The van der Waals surface area contributed by atoms with Crippen LogP contribution in [-0.2, 0) is 0 Å². The Hall–Kier alpha value is -0.520. The van der Waals surface area contributed by atoms with E-state index in [4.69, 9.17) is 0 Å². The van der Waals surface area contributed by atoms with E-state index in [0.29, 0.717) is 0 Å². The highest BCUT2D eigenvalue weighted by molar-refractivity contribution is 4.92. The number of unbranched alkanes of at least 4 members (excludes halogenated alkanes) is 4. The summed E-state index contributed by atoms with van der Waals surface area (Å²) in [5, 5.41) is 0. The van der Waals surface area contributed by atoms with Gasteiger partial charge in [-0.2, -0.15) is 0 Å². The second kappa shape index (κ2) is 12.2. The van der Waals surface area contributed by atoms with Crippen LogP contribution in [-0.4, -0.2) is 0 Å². The molecule has 0 nitrogen and oxygen atoms in total. The molecule has 1 rings (SSSR count). The molecule has 0 spiro atoms. The predicted molar refractivity (Wildman–Crippen MR) is 92.0 cm³/mol. The zero-order valence-corrected chi connectivity index (χ0v) is 13.9. The van der Waals surface area contributed by atoms with Gasteiger partial charge in [0, 0.05) is 0 Å². The maximum absolute atomic E-state index is 2.41. The van der Waals surface area contributed by atoms with Crippen LogP contribution in [0.25, 0.3) is 0 Å². The van der Waals surface area contributed by atoms with Crippen LogP contribution in [0.5, 0.6) is 0 Å². The van der Waals surface area contributed by atoms with Crippen LogP contribution in [0.4, 0.5) is 0 Å². The Morgan fingerprint density at radius 3 is 2.20 bits per heavy atom. The van der Waals surface area contributed by atoms with Crippen molar-refractivity contribution in [1.82, 2.24) is 0 Å². The molecule has 1 saturated carbocycles. The highest BCUT2D eigenvalue weighted by atomic mass is 14.2. The van der Waals surface area contributed by atoms with Gasteiger partial charge in [-0.25, -0.2) is 0 Å². The third kappa shape index (κ3) is 8.61. The summed E-state index contributed by atoms with van der Waals surface area (Å²) < 4.78 is 0. The molecule has 1 aliphatic rings. The van der Waals surface area contributed by atoms with Crippen LogP contribution in [0, 0.1) is 11.8 Å². The normalized spacial score (nSPS) is 23.9. The molecule has 0 unspecified atom stereocenters. The molecular weight excluding hydrogens is 240 g/mol. The molecule has 116 valence electrons. The highest BCUT2D eigenvalue weighted by Crippen LogP contribution is 2.33. The largest absolute Gasteiger partial charge is 0.0914 e. The smallest absolute Gasteiger partial charge is 0.0169 e. The lowest BCUT2D eigenvalue weighted by Crippen LogP contribution is -2.14. The summed E-state index contributed by atoms with van der Waals surface area (Å²) >= 11 is 0. The molecule has 0 aliphatic heterocycles. The van der Waals surface area contributed by atoms with Gasteiger partial charge >= 0.3 is 0 Å². The van der Waals surface area contributed by atoms with Gasteiger partial charge in [0.1, 0.15) is 0 Å². The quantitative estimate of drug-likeness (QED) is 0.296. The number of hydrogen-bond donors (Lipinski definition) is 0. The van der Waals surface area contributed by atoms with Crippen molar-refractivity contribution in [3.05, 3.63) is 24.3 Å². The lowest BCUT2D eigenvalue weighted by Gasteiger charge is -2.27. The van der Waals surface area contributed by atoms with Gasteiger partial charge < -0.3 is 0 Å². The molecule has 0 N–H and O–H groups in total. The average Bonchev–Trinajstić information content (AvgIpc) is 2.48. The van der Waals surface area contributed by atoms with E-state index < -0.39 is 0 Å². The fourth-order valence-corrected chi connectivity index (χ4v) is 3.39. The van der Waals surface area contributed by atoms with Gasteiger partial charge in [-0.05, 0) is 44.4 Å². The standard InChI is InChI=1S/C20H36/c1-3-5-7-9-11-13-19-15-17-20(18-16-19)14-12-10-8-6-4-2/h3,5,9,11,19-20H,4,6-8,10,12-18H2,1-2H3. The van der Waals surface area contributed by atoms with E-state index in [1.54, 1.807) is 0 Å². The first kappa shape index (κ1) is 17.5. The van der Waals surface area contributed by atoms with Gasteiger partial charge in [0.15, 0.2) is 0 Å². The van der Waals surface area contributed by atoms with E-state index >= 15 is 0 Å². The van der Waals surface area contributed by atoms with Crippen molar-refractivity contribution in [2.45, 2.75) is 90.9 Å². The molecule has 0 heteroatoms. The Morgan fingerprint density at radius 2 is 1.50 bits per heavy atom. The monoisotopic (exact) mass is 276 g/mol. The maximum Gasteiger partial charge on any atom is -0.0169 e. The molecule has 0 saturated heterocycles. The van der Waals surface area contributed by atoms with E-state index in [-0.39, 0.29) is 0 Å². The zero-order valence-electron chi connectivity index (χ0n) is 13.9. The first-order valence-electron chi connectivity index (χ1n) is 9.13. The lowest BCUT2D eigenvalue weighted by molar-refractivity contribution is 0.259. The lowest BCUT2D eigenvalue weighted by atomic mass is 9.78. The number of hydrogen-bond acceptors (Lipinski definition) is 0. The minimum Gasteiger partial charge on any atom is -0.0914 e.